The van der Waals surface area contributed by atoms with Crippen molar-refractivity contribution in [3.8, 4) is 0 Å². The summed E-state index contributed by atoms with van der Waals surface area (Å²) in [5, 5.41) is 9.59. The van der Waals surface area contributed by atoms with Gasteiger partial charge in [0.15, 0.2) is 0 Å². The van der Waals surface area contributed by atoms with E-state index < -0.39 is 0 Å². The van der Waals surface area contributed by atoms with Crippen LogP contribution in [0.1, 0.15) is 35.2 Å². The number of hydrogen-bond acceptors (Lipinski definition) is 4. The molecule has 0 saturated carbocycles. The molecule has 2 N–H and O–H groups in total. The van der Waals surface area contributed by atoms with E-state index in [0.29, 0.717) is 12.2 Å². The summed E-state index contributed by atoms with van der Waals surface area (Å²) in [5.74, 6) is 1.35. The lowest BCUT2D eigenvalue weighted by Gasteiger charge is -2.14. The van der Waals surface area contributed by atoms with Crippen LogP contribution in [0.2, 0.25) is 0 Å². The fraction of sp³-hybridized carbons (Fsp3) is 0.438. The summed E-state index contributed by atoms with van der Waals surface area (Å²) in [6, 6.07) is 3.49. The number of carbonyl (C=O) groups excluding carboxylic acids is 1. The molecule has 0 aliphatic carbocycles. The highest BCUT2D eigenvalue weighted by Crippen LogP contribution is 2.14. The average Bonchev–Trinajstić information content (AvgIpc) is 2.69. The number of hydrogen-bond donors (Lipinski definition) is 2. The summed E-state index contributed by atoms with van der Waals surface area (Å²) < 4.78 is 5.13. The quantitative estimate of drug-likeness (QED) is 0.909. The van der Waals surface area contributed by atoms with E-state index in [2.05, 4.69) is 20.8 Å². The Bertz CT molecular complexity index is 639. The molecule has 6 heteroatoms. The van der Waals surface area contributed by atoms with Crippen LogP contribution in [-0.4, -0.2) is 22.2 Å². The van der Waals surface area contributed by atoms with Gasteiger partial charge in [-0.25, -0.2) is 9.78 Å². The zero-order valence-electron chi connectivity index (χ0n) is 13.7. The second kappa shape index (κ2) is 6.60. The Balaban J connectivity index is 1.94. The smallest absolute Gasteiger partial charge is 0.320 e. The minimum atomic E-state index is -0.267. The highest BCUT2D eigenvalue weighted by molar-refractivity contribution is 5.88. The number of nitrogens with zero attached hydrogens (tertiary/aromatic N) is 2. The summed E-state index contributed by atoms with van der Waals surface area (Å²) in [4.78, 5) is 16.3. The van der Waals surface area contributed by atoms with Crippen molar-refractivity contribution in [3.63, 3.8) is 0 Å². The zero-order chi connectivity index (χ0) is 16.3. The van der Waals surface area contributed by atoms with Gasteiger partial charge in [-0.05, 0) is 58.7 Å². The van der Waals surface area contributed by atoms with Gasteiger partial charge in [-0.2, -0.15) is 0 Å². The summed E-state index contributed by atoms with van der Waals surface area (Å²) in [7, 11) is 0. The predicted molar refractivity (Wildman–Crippen MR) is 85.0 cm³/mol. The molecule has 2 rings (SSSR count). The molecule has 2 amide bonds. The highest BCUT2D eigenvalue weighted by atomic mass is 16.5. The Morgan fingerprint density at radius 3 is 2.59 bits per heavy atom. The second-order valence-corrected chi connectivity index (χ2v) is 5.68. The van der Waals surface area contributed by atoms with Gasteiger partial charge in [0.2, 0.25) is 0 Å². The number of urea groups is 1. The van der Waals surface area contributed by atoms with Crippen molar-refractivity contribution in [1.29, 1.82) is 0 Å². The number of aromatic nitrogens is 2. The first-order valence-corrected chi connectivity index (χ1v) is 7.29. The number of anilines is 1. The molecule has 6 nitrogen and oxygen atoms in total. The highest BCUT2D eigenvalue weighted by Gasteiger charge is 2.15. The molecule has 0 aliphatic heterocycles. The van der Waals surface area contributed by atoms with Crippen molar-refractivity contribution in [2.45, 2.75) is 47.1 Å². The molecule has 0 fully saturated rings. The van der Waals surface area contributed by atoms with Crippen LogP contribution in [0, 0.1) is 27.7 Å². The van der Waals surface area contributed by atoms with E-state index in [1.54, 1.807) is 0 Å². The largest absolute Gasteiger partial charge is 0.361 e. The zero-order valence-corrected chi connectivity index (χ0v) is 13.7. The second-order valence-electron chi connectivity index (χ2n) is 5.68. The van der Waals surface area contributed by atoms with E-state index in [4.69, 9.17) is 4.52 Å². The number of nitrogens with one attached hydrogen (secondary N) is 2. The molecule has 1 atom stereocenters. The standard InChI is InChI=1S/C16H22N4O2/c1-9-6-10(2)17-15(7-9)19-16(21)18-11(3)8-14-12(4)20-22-13(14)5/h6-7,11H,8H2,1-5H3,(H2,17,18,19,21)/t11-/m1/s1. The number of carbonyl (C=O) groups is 1. The van der Waals surface area contributed by atoms with E-state index in [1.807, 2.05) is 46.8 Å². The normalized spacial score (nSPS) is 12.0. The van der Waals surface area contributed by atoms with Gasteiger partial charge < -0.3 is 9.84 Å². The molecule has 0 unspecified atom stereocenters. The van der Waals surface area contributed by atoms with Crippen LogP contribution in [0.25, 0.3) is 0 Å². The minimum Gasteiger partial charge on any atom is -0.361 e. The molecular weight excluding hydrogens is 280 g/mol. The van der Waals surface area contributed by atoms with Crippen molar-refractivity contribution in [2.75, 3.05) is 5.32 Å². The van der Waals surface area contributed by atoms with E-state index in [9.17, 15) is 4.79 Å². The molecule has 0 aliphatic rings. The Kier molecular flexibility index (Phi) is 4.80. The Labute approximate surface area is 130 Å². The SMILES string of the molecule is Cc1cc(C)nc(NC(=O)N[C@H](C)Cc2c(C)noc2C)c1. The fourth-order valence-electron chi connectivity index (χ4n) is 2.43. The van der Waals surface area contributed by atoms with E-state index in [0.717, 1.165) is 28.3 Å². The topological polar surface area (TPSA) is 80.0 Å². The lowest BCUT2D eigenvalue weighted by Crippen LogP contribution is -2.37. The van der Waals surface area contributed by atoms with Crippen LogP contribution in [0.3, 0.4) is 0 Å². The van der Waals surface area contributed by atoms with Gasteiger partial charge in [-0.15, -0.1) is 0 Å². The van der Waals surface area contributed by atoms with Crippen LogP contribution in [0.5, 0.6) is 0 Å². The van der Waals surface area contributed by atoms with Gasteiger partial charge in [-0.1, -0.05) is 5.16 Å². The van der Waals surface area contributed by atoms with Crippen molar-refractivity contribution >= 4 is 11.8 Å². The number of rotatable bonds is 4. The third-order valence-electron chi connectivity index (χ3n) is 3.41. The number of amides is 2. The van der Waals surface area contributed by atoms with Crippen molar-refractivity contribution in [3.05, 3.63) is 40.4 Å². The average molecular weight is 302 g/mol. The Morgan fingerprint density at radius 2 is 2.00 bits per heavy atom. The molecule has 0 spiro atoms. The van der Waals surface area contributed by atoms with Crippen LogP contribution in [0.15, 0.2) is 16.7 Å². The summed E-state index contributed by atoms with van der Waals surface area (Å²) >= 11 is 0. The van der Waals surface area contributed by atoms with Crippen molar-refractivity contribution in [2.24, 2.45) is 0 Å². The van der Waals surface area contributed by atoms with Gasteiger partial charge in [0, 0.05) is 17.3 Å². The first-order valence-electron chi connectivity index (χ1n) is 7.29. The number of pyridine rings is 1. The maximum Gasteiger partial charge on any atom is 0.320 e. The predicted octanol–water partition coefficient (Wildman–Crippen LogP) is 3.06. The van der Waals surface area contributed by atoms with Gasteiger partial charge in [0.05, 0.1) is 5.69 Å². The first kappa shape index (κ1) is 16.0. The molecule has 2 aromatic heterocycles. The van der Waals surface area contributed by atoms with Crippen LogP contribution < -0.4 is 10.6 Å². The molecule has 0 aromatic carbocycles. The molecule has 118 valence electrons. The lowest BCUT2D eigenvalue weighted by atomic mass is 10.1. The van der Waals surface area contributed by atoms with E-state index >= 15 is 0 Å². The maximum absolute atomic E-state index is 12.0. The monoisotopic (exact) mass is 302 g/mol. The molecule has 22 heavy (non-hydrogen) atoms. The summed E-state index contributed by atoms with van der Waals surface area (Å²) in [6.07, 6.45) is 0.675. The van der Waals surface area contributed by atoms with Crippen LogP contribution >= 0.6 is 0 Å². The van der Waals surface area contributed by atoms with Crippen molar-refractivity contribution in [1.82, 2.24) is 15.5 Å². The minimum absolute atomic E-state index is 0.0392. The van der Waals surface area contributed by atoms with Gasteiger partial charge >= 0.3 is 6.03 Å². The number of aryl methyl sites for hydroxylation is 4. The summed E-state index contributed by atoms with van der Waals surface area (Å²) in [5.41, 5.74) is 3.84. The Hall–Kier alpha value is -2.37. The molecule has 2 heterocycles. The molecule has 2 aromatic rings. The first-order chi connectivity index (χ1) is 10.3. The lowest BCUT2D eigenvalue weighted by molar-refractivity contribution is 0.249. The Morgan fingerprint density at radius 1 is 1.27 bits per heavy atom. The van der Waals surface area contributed by atoms with Gasteiger partial charge in [0.1, 0.15) is 11.6 Å². The molecule has 0 saturated heterocycles. The van der Waals surface area contributed by atoms with E-state index in [1.165, 1.54) is 0 Å². The fourth-order valence-corrected chi connectivity index (χ4v) is 2.43. The summed E-state index contributed by atoms with van der Waals surface area (Å²) in [6.45, 7) is 9.59. The molecule has 0 bridgehead atoms. The third kappa shape index (κ3) is 4.07. The third-order valence-corrected chi connectivity index (χ3v) is 3.41. The maximum atomic E-state index is 12.0. The molecule has 0 radical (unpaired) electrons. The van der Waals surface area contributed by atoms with Gasteiger partial charge in [-0.3, -0.25) is 5.32 Å². The van der Waals surface area contributed by atoms with Crippen molar-refractivity contribution < 1.29 is 9.32 Å². The molecular formula is C16H22N4O2. The van der Waals surface area contributed by atoms with Crippen LogP contribution in [-0.2, 0) is 6.42 Å². The van der Waals surface area contributed by atoms with Gasteiger partial charge in [0.25, 0.3) is 0 Å². The van der Waals surface area contributed by atoms with Crippen LogP contribution in [0.4, 0.5) is 10.6 Å². The van der Waals surface area contributed by atoms with E-state index in [-0.39, 0.29) is 12.1 Å².